The number of hydrogen-bond acceptors (Lipinski definition) is 3. The molecule has 2 saturated carbocycles. The number of fused-ring (bicyclic) bond motifs is 2. The fourth-order valence-corrected chi connectivity index (χ4v) is 4.79. The van der Waals surface area contributed by atoms with Crippen LogP contribution in [0.2, 0.25) is 0 Å². The largest absolute Gasteiger partial charge is 0.400 e. The molecule has 30 heavy (non-hydrogen) atoms. The molecule has 3 aromatic rings. The maximum absolute atomic E-state index is 9.52. The summed E-state index contributed by atoms with van der Waals surface area (Å²) in [6.07, 6.45) is 9.82. The van der Waals surface area contributed by atoms with E-state index < -0.39 is 0 Å². The number of aliphatic hydroxyl groups excluding tert-OH is 2. The molecule has 2 aliphatic rings. The Hall–Kier alpha value is -1.58. The van der Waals surface area contributed by atoms with Gasteiger partial charge in [0.1, 0.15) is 0 Å². The standard InChI is InChI=1S/C16H12N.C9H16O.CH4O.Ir/c1-12-11-17-16(13-7-3-2-4-8-13)15-10-6-5-9-14(12)15;10-9-6-5-7-3-1-2-4-8(7)9;1-2;/h2-7,9-11H,1H3;7-10H,1-6H2;2H,1H3;/q-1;;;. The molecule has 2 aromatic carbocycles. The third-order valence-corrected chi connectivity index (χ3v) is 6.25. The molecule has 0 spiro atoms. The SMILES string of the molecule is CO.Cc1cnc(-c2[c-]cccc2)c2ccccc12.OC1CCC2CCCCC12.[Ir]. The number of pyridine rings is 1. The van der Waals surface area contributed by atoms with Crippen LogP contribution in [0.1, 0.15) is 44.1 Å². The molecule has 3 unspecified atom stereocenters. The Morgan fingerprint density at radius 2 is 1.60 bits per heavy atom. The number of nitrogens with zero attached hydrogens (tertiary/aromatic N) is 1. The van der Waals surface area contributed by atoms with E-state index in [4.69, 9.17) is 5.11 Å². The van der Waals surface area contributed by atoms with Crippen molar-refractivity contribution in [2.45, 2.75) is 51.6 Å². The second kappa shape index (κ2) is 12.3. The molecule has 1 heterocycles. The molecule has 5 rings (SSSR count). The van der Waals surface area contributed by atoms with Crippen LogP contribution in [-0.2, 0) is 20.1 Å². The average Bonchev–Trinajstić information content (AvgIpc) is 3.18. The van der Waals surface area contributed by atoms with Gasteiger partial charge < -0.3 is 15.2 Å². The third-order valence-electron chi connectivity index (χ3n) is 6.25. The molecule has 0 aliphatic heterocycles. The van der Waals surface area contributed by atoms with Crippen molar-refractivity contribution in [3.8, 4) is 11.3 Å². The van der Waals surface area contributed by atoms with Crippen LogP contribution < -0.4 is 0 Å². The summed E-state index contributed by atoms with van der Waals surface area (Å²) in [6, 6.07) is 19.6. The molecule has 2 N–H and O–H groups in total. The van der Waals surface area contributed by atoms with Crippen molar-refractivity contribution in [3.63, 3.8) is 0 Å². The van der Waals surface area contributed by atoms with Crippen molar-refractivity contribution >= 4 is 10.8 Å². The zero-order valence-corrected chi connectivity index (χ0v) is 20.2. The Bertz CT molecular complexity index is 898. The number of rotatable bonds is 1. The van der Waals surface area contributed by atoms with Gasteiger partial charge in [-0.05, 0) is 60.1 Å². The molecule has 3 atom stereocenters. The van der Waals surface area contributed by atoms with Crippen LogP contribution in [0.4, 0.5) is 0 Å². The van der Waals surface area contributed by atoms with Crippen molar-refractivity contribution in [1.29, 1.82) is 0 Å². The van der Waals surface area contributed by atoms with Gasteiger partial charge in [-0.1, -0.05) is 43.5 Å². The fraction of sp³-hybridized carbons (Fsp3) is 0.423. The molecule has 0 saturated heterocycles. The zero-order valence-electron chi connectivity index (χ0n) is 17.8. The number of aliphatic hydroxyl groups is 2. The van der Waals surface area contributed by atoms with Crippen molar-refractivity contribution in [1.82, 2.24) is 4.98 Å². The Morgan fingerprint density at radius 1 is 0.900 bits per heavy atom. The number of aryl methyl sites for hydroxylation is 1. The second-order valence-corrected chi connectivity index (χ2v) is 7.96. The Kier molecular flexibility index (Phi) is 10.1. The van der Waals surface area contributed by atoms with Gasteiger partial charge in [-0.25, -0.2) is 0 Å². The van der Waals surface area contributed by atoms with Gasteiger partial charge in [0.2, 0.25) is 0 Å². The normalized spacial score (nSPS) is 21.9. The summed E-state index contributed by atoms with van der Waals surface area (Å²) >= 11 is 0. The summed E-state index contributed by atoms with van der Waals surface area (Å²) in [5.74, 6) is 1.58. The average molecular weight is 583 g/mol. The van der Waals surface area contributed by atoms with E-state index in [2.05, 4.69) is 42.2 Å². The van der Waals surface area contributed by atoms with Gasteiger partial charge in [0.25, 0.3) is 0 Å². The number of aromatic nitrogens is 1. The smallest absolute Gasteiger partial charge is 0.0571 e. The van der Waals surface area contributed by atoms with Crippen molar-refractivity contribution in [2.75, 3.05) is 7.11 Å². The summed E-state index contributed by atoms with van der Waals surface area (Å²) in [7, 11) is 1.00. The van der Waals surface area contributed by atoms with Crippen LogP contribution in [0, 0.1) is 24.8 Å². The van der Waals surface area contributed by atoms with Gasteiger partial charge >= 0.3 is 0 Å². The molecule has 1 radical (unpaired) electrons. The molecule has 2 fully saturated rings. The monoisotopic (exact) mass is 583 g/mol. The predicted octanol–water partition coefficient (Wildman–Crippen LogP) is 5.56. The molecule has 0 amide bonds. The zero-order chi connectivity index (χ0) is 20.6. The molecular formula is C26H32IrNO2-. The number of benzene rings is 2. The molecule has 3 nitrogen and oxygen atoms in total. The summed E-state index contributed by atoms with van der Waals surface area (Å²) in [6.45, 7) is 2.09. The van der Waals surface area contributed by atoms with Gasteiger partial charge in [-0.2, -0.15) is 0 Å². The minimum atomic E-state index is 0. The van der Waals surface area contributed by atoms with E-state index in [1.807, 2.05) is 30.5 Å². The molecule has 163 valence electrons. The van der Waals surface area contributed by atoms with Gasteiger partial charge in [0, 0.05) is 33.4 Å². The topological polar surface area (TPSA) is 53.4 Å². The summed E-state index contributed by atoms with van der Waals surface area (Å²) in [5.41, 5.74) is 3.26. The molecule has 2 aliphatic carbocycles. The van der Waals surface area contributed by atoms with E-state index >= 15 is 0 Å². The fourth-order valence-electron chi connectivity index (χ4n) is 4.79. The maximum Gasteiger partial charge on any atom is 0.0571 e. The summed E-state index contributed by atoms with van der Waals surface area (Å²) in [4.78, 5) is 4.55. The molecule has 0 bridgehead atoms. The second-order valence-electron chi connectivity index (χ2n) is 7.96. The maximum atomic E-state index is 9.52. The van der Waals surface area contributed by atoms with Crippen LogP contribution >= 0.6 is 0 Å². The van der Waals surface area contributed by atoms with Crippen molar-refractivity contribution in [3.05, 3.63) is 66.4 Å². The number of hydrogen-bond donors (Lipinski definition) is 2. The first-order valence-corrected chi connectivity index (χ1v) is 10.7. The van der Waals surface area contributed by atoms with Gasteiger partial charge in [-0.3, -0.25) is 0 Å². The van der Waals surface area contributed by atoms with E-state index in [9.17, 15) is 5.11 Å². The van der Waals surface area contributed by atoms with Crippen LogP contribution in [0.5, 0.6) is 0 Å². The van der Waals surface area contributed by atoms with E-state index in [0.29, 0.717) is 5.92 Å². The molecule has 1 aromatic heterocycles. The first kappa shape index (κ1) is 24.7. The molecular weight excluding hydrogens is 551 g/mol. The first-order valence-electron chi connectivity index (χ1n) is 10.7. The van der Waals surface area contributed by atoms with Crippen molar-refractivity contribution < 1.29 is 30.3 Å². The molecule has 4 heteroatoms. The van der Waals surface area contributed by atoms with Crippen LogP contribution in [0.25, 0.3) is 22.0 Å². The summed E-state index contributed by atoms with van der Waals surface area (Å²) < 4.78 is 0. The van der Waals surface area contributed by atoms with Gasteiger partial charge in [0.15, 0.2) is 0 Å². The minimum Gasteiger partial charge on any atom is -0.400 e. The van der Waals surface area contributed by atoms with Crippen LogP contribution in [0.3, 0.4) is 0 Å². The quantitative estimate of drug-likeness (QED) is 0.370. The van der Waals surface area contributed by atoms with E-state index in [1.54, 1.807) is 0 Å². The Morgan fingerprint density at radius 3 is 2.30 bits per heavy atom. The van der Waals surface area contributed by atoms with Crippen molar-refractivity contribution in [2.24, 2.45) is 11.8 Å². The third kappa shape index (κ3) is 5.76. The van der Waals surface area contributed by atoms with Crippen LogP contribution in [-0.4, -0.2) is 28.4 Å². The van der Waals surface area contributed by atoms with E-state index in [-0.39, 0.29) is 26.2 Å². The Balaban J connectivity index is 0.000000212. The predicted molar refractivity (Wildman–Crippen MR) is 120 cm³/mol. The van der Waals surface area contributed by atoms with E-state index in [1.165, 1.54) is 48.4 Å². The first-order chi connectivity index (χ1) is 14.2. The van der Waals surface area contributed by atoms with Gasteiger partial charge in [0.05, 0.1) is 6.10 Å². The Labute approximate surface area is 193 Å². The minimum absolute atomic E-state index is 0. The van der Waals surface area contributed by atoms with E-state index in [0.717, 1.165) is 30.7 Å². The summed E-state index contributed by atoms with van der Waals surface area (Å²) in [5, 5.41) is 19.0. The van der Waals surface area contributed by atoms with Crippen LogP contribution in [0.15, 0.2) is 54.7 Å². The van der Waals surface area contributed by atoms with Gasteiger partial charge in [-0.15, -0.1) is 35.9 Å².